The highest BCUT2D eigenvalue weighted by Gasteiger charge is 2.19. The molecule has 0 saturated heterocycles. The molecule has 1 atom stereocenters. The number of hydrogen-bond acceptors (Lipinski definition) is 6. The van der Waals surface area contributed by atoms with E-state index in [1.54, 1.807) is 0 Å². The van der Waals surface area contributed by atoms with Crippen molar-refractivity contribution in [2.45, 2.75) is 329 Å². The van der Waals surface area contributed by atoms with Crippen LogP contribution in [0.4, 0.5) is 0 Å². The number of ether oxygens (including phenoxy) is 3. The minimum atomic E-state index is -0.765. The van der Waals surface area contributed by atoms with Crippen molar-refractivity contribution in [1.29, 1.82) is 0 Å². The summed E-state index contributed by atoms with van der Waals surface area (Å²) < 4.78 is 16.9. The van der Waals surface area contributed by atoms with Gasteiger partial charge in [-0.1, -0.05) is 276 Å². The fraction of sp³-hybridized carbons (Fsp3) is 0.883. The van der Waals surface area contributed by atoms with Gasteiger partial charge < -0.3 is 14.2 Å². The zero-order valence-corrected chi connectivity index (χ0v) is 44.5. The van der Waals surface area contributed by atoms with E-state index < -0.39 is 6.10 Å². The molecule has 6 nitrogen and oxygen atoms in total. The third kappa shape index (κ3) is 52.9. The van der Waals surface area contributed by atoms with Crippen LogP contribution in [0.3, 0.4) is 0 Å². The molecule has 66 heavy (non-hydrogen) atoms. The fourth-order valence-electron chi connectivity index (χ4n) is 8.77. The monoisotopic (exact) mass is 929 g/mol. The van der Waals surface area contributed by atoms with Crippen molar-refractivity contribution < 1.29 is 28.6 Å². The predicted octanol–water partition coefficient (Wildman–Crippen LogP) is 19.5. The summed E-state index contributed by atoms with van der Waals surface area (Å²) in [6.07, 6.45) is 64.6. The van der Waals surface area contributed by atoms with Crippen molar-refractivity contribution in [2.75, 3.05) is 13.2 Å². The Kier molecular flexibility index (Phi) is 53.7. The van der Waals surface area contributed by atoms with E-state index >= 15 is 0 Å². The second kappa shape index (κ2) is 55.5. The summed E-state index contributed by atoms with van der Waals surface area (Å²) in [5.41, 5.74) is 0. The van der Waals surface area contributed by atoms with Crippen molar-refractivity contribution in [3.8, 4) is 0 Å². The highest BCUT2D eigenvalue weighted by atomic mass is 16.6. The minimum Gasteiger partial charge on any atom is -0.462 e. The Hall–Kier alpha value is -2.11. The third-order valence-corrected chi connectivity index (χ3v) is 13.2. The number of esters is 3. The number of allylic oxidation sites excluding steroid dienone is 4. The van der Waals surface area contributed by atoms with E-state index in [-0.39, 0.29) is 31.1 Å². The lowest BCUT2D eigenvalue weighted by atomic mass is 10.0. The number of carbonyl (C=O) groups is 3. The molecule has 6 heteroatoms. The molecule has 0 aromatic carbocycles. The van der Waals surface area contributed by atoms with Gasteiger partial charge in [0.25, 0.3) is 0 Å². The molecule has 0 bridgehead atoms. The molecule has 0 aliphatic heterocycles. The van der Waals surface area contributed by atoms with Gasteiger partial charge in [-0.15, -0.1) is 0 Å². The predicted molar refractivity (Wildman–Crippen MR) is 284 cm³/mol. The molecule has 0 radical (unpaired) electrons. The molecule has 388 valence electrons. The van der Waals surface area contributed by atoms with Gasteiger partial charge in [0, 0.05) is 19.3 Å². The van der Waals surface area contributed by atoms with Gasteiger partial charge in [0.05, 0.1) is 0 Å². The highest BCUT2D eigenvalue weighted by Crippen LogP contribution is 2.17. The van der Waals surface area contributed by atoms with Gasteiger partial charge >= 0.3 is 17.9 Å². The van der Waals surface area contributed by atoms with Gasteiger partial charge in [0.2, 0.25) is 0 Å². The first kappa shape index (κ1) is 63.9. The molecule has 0 fully saturated rings. The summed E-state index contributed by atoms with van der Waals surface area (Å²) in [6.45, 7) is 6.66. The number of unbranched alkanes of at least 4 members (excludes halogenated alkanes) is 39. The summed E-state index contributed by atoms with van der Waals surface area (Å²) in [6, 6.07) is 0. The summed E-state index contributed by atoms with van der Waals surface area (Å²) in [5, 5.41) is 0. The van der Waals surface area contributed by atoms with E-state index in [9.17, 15) is 14.4 Å². The van der Waals surface area contributed by atoms with Crippen molar-refractivity contribution in [3.05, 3.63) is 24.3 Å². The molecule has 0 aromatic heterocycles. The first-order valence-electron chi connectivity index (χ1n) is 29.3. The highest BCUT2D eigenvalue weighted by molar-refractivity contribution is 5.71. The zero-order chi connectivity index (χ0) is 47.9. The third-order valence-electron chi connectivity index (χ3n) is 13.2. The Balaban J connectivity index is 4.21. The number of rotatable bonds is 54. The maximum atomic E-state index is 12.8. The first-order chi connectivity index (χ1) is 32.5. The molecule has 0 spiro atoms. The normalized spacial score (nSPS) is 12.1. The Bertz CT molecular complexity index is 1070. The van der Waals surface area contributed by atoms with Crippen LogP contribution >= 0.6 is 0 Å². The second-order valence-electron chi connectivity index (χ2n) is 19.9. The topological polar surface area (TPSA) is 78.9 Å². The van der Waals surface area contributed by atoms with E-state index in [1.807, 2.05) is 0 Å². The van der Waals surface area contributed by atoms with Gasteiger partial charge in [-0.2, -0.15) is 0 Å². The van der Waals surface area contributed by atoms with Crippen molar-refractivity contribution in [2.24, 2.45) is 0 Å². The molecule has 0 aliphatic carbocycles. The lowest BCUT2D eigenvalue weighted by Crippen LogP contribution is -2.30. The standard InChI is InChI=1S/C60H112O6/c1-4-7-10-13-16-19-22-24-26-27-28-29-30-31-32-33-35-36-38-41-44-47-50-53-59(62)65-56-57(55-64-58(61)52-49-46-43-40-21-18-15-12-9-6-3)66-60(63)54-51-48-45-42-39-37-34-25-23-20-17-14-11-8-5-2/h22,24,27-28,57H,4-21,23,25-26,29-56H2,1-3H3/b24-22-,28-27-. The van der Waals surface area contributed by atoms with Gasteiger partial charge in [-0.3, -0.25) is 14.4 Å². The van der Waals surface area contributed by atoms with Gasteiger partial charge in [0.1, 0.15) is 13.2 Å². The maximum absolute atomic E-state index is 12.8. The van der Waals surface area contributed by atoms with E-state index in [1.165, 1.54) is 218 Å². The van der Waals surface area contributed by atoms with Gasteiger partial charge in [-0.05, 0) is 51.4 Å². The van der Waals surface area contributed by atoms with Crippen LogP contribution in [-0.4, -0.2) is 37.2 Å². The Labute approximate surface area is 411 Å². The molecule has 0 rings (SSSR count). The maximum Gasteiger partial charge on any atom is 0.306 e. The molecule has 0 N–H and O–H groups in total. The zero-order valence-electron chi connectivity index (χ0n) is 44.5. The molecule has 0 saturated carbocycles. The van der Waals surface area contributed by atoms with Crippen LogP contribution in [0.15, 0.2) is 24.3 Å². The molecule has 0 heterocycles. The number of carbonyl (C=O) groups excluding carboxylic acids is 3. The first-order valence-corrected chi connectivity index (χ1v) is 29.3. The molecule has 0 aromatic rings. The van der Waals surface area contributed by atoms with Crippen LogP contribution in [0, 0.1) is 0 Å². The molecule has 1 unspecified atom stereocenters. The average Bonchev–Trinajstić information content (AvgIpc) is 3.31. The Morgan fingerprint density at radius 1 is 0.303 bits per heavy atom. The Morgan fingerprint density at radius 3 is 0.833 bits per heavy atom. The van der Waals surface area contributed by atoms with Crippen LogP contribution in [0.5, 0.6) is 0 Å². The van der Waals surface area contributed by atoms with E-state index in [0.717, 1.165) is 64.2 Å². The largest absolute Gasteiger partial charge is 0.462 e. The van der Waals surface area contributed by atoms with Crippen LogP contribution in [0.25, 0.3) is 0 Å². The van der Waals surface area contributed by atoms with Crippen LogP contribution in [0.2, 0.25) is 0 Å². The quantitative estimate of drug-likeness (QED) is 0.0262. The SMILES string of the molecule is CCCCCCC/C=C\C/C=C\CCCCCCCCCCCCCC(=O)OCC(COC(=O)CCCCCCCCCCCC)OC(=O)CCCCCCCCCCCCCCCCC. The molecular formula is C60H112O6. The van der Waals surface area contributed by atoms with E-state index in [4.69, 9.17) is 14.2 Å². The van der Waals surface area contributed by atoms with Crippen LogP contribution < -0.4 is 0 Å². The van der Waals surface area contributed by atoms with Crippen molar-refractivity contribution in [3.63, 3.8) is 0 Å². The summed E-state index contributed by atoms with van der Waals surface area (Å²) in [5.74, 6) is -0.849. The molecule has 0 aliphatic rings. The van der Waals surface area contributed by atoms with Crippen LogP contribution in [0.1, 0.15) is 323 Å². The van der Waals surface area contributed by atoms with Gasteiger partial charge in [-0.25, -0.2) is 0 Å². The summed E-state index contributed by atoms with van der Waals surface area (Å²) >= 11 is 0. The van der Waals surface area contributed by atoms with Crippen LogP contribution in [-0.2, 0) is 28.6 Å². The van der Waals surface area contributed by atoms with E-state index in [2.05, 4.69) is 45.1 Å². The lowest BCUT2D eigenvalue weighted by Gasteiger charge is -2.18. The minimum absolute atomic E-state index is 0.0662. The lowest BCUT2D eigenvalue weighted by molar-refractivity contribution is -0.167. The van der Waals surface area contributed by atoms with E-state index in [0.29, 0.717) is 19.3 Å². The molecular weight excluding hydrogens is 817 g/mol. The molecule has 0 amide bonds. The number of hydrogen-bond donors (Lipinski definition) is 0. The summed E-state index contributed by atoms with van der Waals surface area (Å²) in [7, 11) is 0. The van der Waals surface area contributed by atoms with Crippen molar-refractivity contribution in [1.82, 2.24) is 0 Å². The Morgan fingerprint density at radius 2 is 0.545 bits per heavy atom. The second-order valence-corrected chi connectivity index (χ2v) is 19.9. The van der Waals surface area contributed by atoms with Gasteiger partial charge in [0.15, 0.2) is 6.10 Å². The fourth-order valence-corrected chi connectivity index (χ4v) is 8.77. The summed E-state index contributed by atoms with van der Waals surface area (Å²) in [4.78, 5) is 38.1. The average molecular weight is 930 g/mol. The van der Waals surface area contributed by atoms with Crippen molar-refractivity contribution >= 4 is 17.9 Å². The smallest absolute Gasteiger partial charge is 0.306 e.